The predicted octanol–water partition coefficient (Wildman–Crippen LogP) is 1.71. The molecule has 2 radical (unpaired) electrons. The van der Waals surface area contributed by atoms with E-state index in [2.05, 4.69) is 0 Å². The fourth-order valence-electron chi connectivity index (χ4n) is 1.21. The van der Waals surface area contributed by atoms with Crippen LogP contribution in [0.15, 0.2) is 6.04 Å². The predicted molar refractivity (Wildman–Crippen MR) is 50.8 cm³/mol. The summed E-state index contributed by atoms with van der Waals surface area (Å²) in [6.45, 7) is 7.89. The quantitative estimate of drug-likeness (QED) is 0.487. The Morgan fingerprint density at radius 2 is 1.64 bits per heavy atom. The van der Waals surface area contributed by atoms with Crippen LogP contribution in [0.2, 0.25) is 0 Å². The van der Waals surface area contributed by atoms with Crippen molar-refractivity contribution in [1.29, 1.82) is 0 Å². The topological polar surface area (TPSA) is 0 Å². The molecule has 0 spiro atoms. The molecule has 1 aromatic carbocycles. The Morgan fingerprint density at radius 1 is 1.09 bits per heavy atom. The molecule has 0 nitrogen and oxygen atoms in total. The summed E-state index contributed by atoms with van der Waals surface area (Å²) in [6, 6.07) is 0.579. The zero-order chi connectivity index (χ0) is 9.46. The second-order valence-electron chi connectivity index (χ2n) is 3.04. The van der Waals surface area contributed by atoms with E-state index < -0.39 is 0 Å². The summed E-state index contributed by atoms with van der Waals surface area (Å²) in [5.74, 6) is 0. The Labute approximate surface area is 71.4 Å². The second-order valence-corrected chi connectivity index (χ2v) is 3.04. The molecule has 0 unspecified atom stereocenters. The zero-order valence-corrected chi connectivity index (χ0v) is 7.58. The van der Waals surface area contributed by atoms with Gasteiger partial charge in [-0.15, -0.1) is 0 Å². The molecule has 0 saturated carbocycles. The van der Waals surface area contributed by atoms with Crippen LogP contribution in [-0.2, 0) is 0 Å². The van der Waals surface area contributed by atoms with Crippen LogP contribution in [0.4, 0.5) is 0 Å². The van der Waals surface area contributed by atoms with Crippen molar-refractivity contribution in [3.8, 4) is 0 Å². The lowest BCUT2D eigenvalue weighted by Gasteiger charge is -2.11. The largest absolute Gasteiger partial charge is 0.114 e. The van der Waals surface area contributed by atoms with Gasteiger partial charge in [0.1, 0.15) is 7.85 Å². The highest BCUT2D eigenvalue weighted by atomic mass is 14.0. The van der Waals surface area contributed by atoms with Crippen LogP contribution in [0.1, 0.15) is 23.6 Å². The Morgan fingerprint density at radius 3 is 2.18 bits per heavy atom. The number of benzene rings is 1. The maximum absolute atomic E-state index is 7.74. The van der Waals surface area contributed by atoms with Crippen molar-refractivity contribution in [2.75, 3.05) is 0 Å². The van der Waals surface area contributed by atoms with Crippen LogP contribution in [0.5, 0.6) is 0 Å². The highest BCUT2D eigenvalue weighted by Gasteiger charge is 2.01. The van der Waals surface area contributed by atoms with Gasteiger partial charge < -0.3 is 0 Å². The Hall–Kier alpha value is -0.715. The molecular formula is C10H13B. The van der Waals surface area contributed by atoms with Crippen LogP contribution in [-0.4, -0.2) is 7.85 Å². The lowest BCUT2D eigenvalue weighted by molar-refractivity contribution is 1.26. The van der Waals surface area contributed by atoms with Gasteiger partial charge in [0.25, 0.3) is 0 Å². The van der Waals surface area contributed by atoms with Gasteiger partial charge in [0.05, 0.1) is 1.37 Å². The molecule has 1 rings (SSSR count). The maximum atomic E-state index is 7.74. The normalized spacial score (nSPS) is 11.5. The van der Waals surface area contributed by atoms with Crippen molar-refractivity contribution in [2.24, 2.45) is 0 Å². The average Bonchev–Trinajstić information content (AvgIpc) is 2.08. The van der Waals surface area contributed by atoms with E-state index in [1.54, 1.807) is 0 Å². The Balaban J connectivity index is 3.60. The summed E-state index contributed by atoms with van der Waals surface area (Å²) in [6.07, 6.45) is 0. The van der Waals surface area contributed by atoms with E-state index in [1.807, 2.05) is 27.7 Å². The van der Waals surface area contributed by atoms with Crippen molar-refractivity contribution in [2.45, 2.75) is 27.7 Å². The standard InChI is InChI=1S/C10H13B/c1-6-5-7(2)10(11)9(4)8(6)3/h5H,1-4H3/i5D. The third kappa shape index (κ3) is 1.32. The van der Waals surface area contributed by atoms with E-state index in [4.69, 9.17) is 9.22 Å². The summed E-state index contributed by atoms with van der Waals surface area (Å²) >= 11 is 0. The van der Waals surface area contributed by atoms with E-state index in [9.17, 15) is 0 Å². The lowest BCUT2D eigenvalue weighted by atomic mass is 9.83. The first kappa shape index (κ1) is 6.96. The van der Waals surface area contributed by atoms with E-state index in [1.165, 1.54) is 0 Å². The molecule has 0 N–H and O–H groups in total. The first-order chi connectivity index (χ1) is 5.46. The fraction of sp³-hybridized carbons (Fsp3) is 0.400. The molecule has 0 atom stereocenters. The summed E-state index contributed by atoms with van der Waals surface area (Å²) in [7, 11) is 5.83. The van der Waals surface area contributed by atoms with Gasteiger partial charge in [-0.05, 0) is 38.8 Å². The van der Waals surface area contributed by atoms with Crippen LogP contribution in [0.3, 0.4) is 0 Å². The molecule has 0 bridgehead atoms. The maximum Gasteiger partial charge on any atom is 0.114 e. The lowest BCUT2D eigenvalue weighted by Crippen LogP contribution is -2.13. The first-order valence-electron chi connectivity index (χ1n) is 4.29. The summed E-state index contributed by atoms with van der Waals surface area (Å²) in [5, 5.41) is 0. The number of hydrogen-bond acceptors (Lipinski definition) is 0. The van der Waals surface area contributed by atoms with Gasteiger partial charge >= 0.3 is 0 Å². The molecule has 0 amide bonds. The van der Waals surface area contributed by atoms with Crippen molar-refractivity contribution in [3.63, 3.8) is 0 Å². The minimum atomic E-state index is 0.579. The van der Waals surface area contributed by atoms with Gasteiger partial charge in [-0.2, -0.15) is 0 Å². The molecule has 0 saturated heterocycles. The van der Waals surface area contributed by atoms with E-state index in [0.717, 1.165) is 27.7 Å². The van der Waals surface area contributed by atoms with E-state index in [-0.39, 0.29) is 0 Å². The van der Waals surface area contributed by atoms with Gasteiger partial charge in [0.2, 0.25) is 0 Å². The van der Waals surface area contributed by atoms with Crippen LogP contribution < -0.4 is 5.46 Å². The molecule has 0 fully saturated rings. The van der Waals surface area contributed by atoms with Crippen molar-refractivity contribution in [3.05, 3.63) is 28.3 Å². The molecule has 0 aliphatic carbocycles. The molecule has 0 aliphatic rings. The van der Waals surface area contributed by atoms with E-state index in [0.29, 0.717) is 6.04 Å². The minimum Gasteiger partial charge on any atom is -0.0907 e. The fourth-order valence-corrected chi connectivity index (χ4v) is 1.21. The first-order valence-corrected chi connectivity index (χ1v) is 3.79. The Kier molecular flexibility index (Phi) is 1.73. The van der Waals surface area contributed by atoms with Gasteiger partial charge in [-0.1, -0.05) is 22.6 Å². The molecule has 1 heteroatoms. The summed E-state index contributed by atoms with van der Waals surface area (Å²) in [4.78, 5) is 0. The van der Waals surface area contributed by atoms with Crippen molar-refractivity contribution in [1.82, 2.24) is 0 Å². The molecule has 0 aromatic heterocycles. The van der Waals surface area contributed by atoms with Gasteiger partial charge in [-0.25, -0.2) is 0 Å². The van der Waals surface area contributed by atoms with E-state index >= 15 is 0 Å². The smallest absolute Gasteiger partial charge is 0.0907 e. The van der Waals surface area contributed by atoms with Gasteiger partial charge in [-0.3, -0.25) is 0 Å². The van der Waals surface area contributed by atoms with Crippen LogP contribution in [0, 0.1) is 27.7 Å². The Bertz CT molecular complexity index is 224. The van der Waals surface area contributed by atoms with Crippen molar-refractivity contribution < 1.29 is 1.37 Å². The van der Waals surface area contributed by atoms with Gasteiger partial charge in [0, 0.05) is 0 Å². The summed E-state index contributed by atoms with van der Waals surface area (Å²) in [5.41, 5.74) is 4.96. The molecule has 56 valence electrons. The van der Waals surface area contributed by atoms with Crippen LogP contribution >= 0.6 is 0 Å². The monoisotopic (exact) mass is 145 g/mol. The average molecular weight is 145 g/mol. The minimum absolute atomic E-state index is 0.579. The molecule has 0 heterocycles. The van der Waals surface area contributed by atoms with Crippen LogP contribution in [0.25, 0.3) is 0 Å². The third-order valence-electron chi connectivity index (χ3n) is 2.31. The highest BCUT2D eigenvalue weighted by Crippen LogP contribution is 2.11. The highest BCUT2D eigenvalue weighted by molar-refractivity contribution is 6.34. The third-order valence-corrected chi connectivity index (χ3v) is 2.31. The molecular weight excluding hydrogens is 131 g/mol. The van der Waals surface area contributed by atoms with Gasteiger partial charge in [0.15, 0.2) is 0 Å². The zero-order valence-electron chi connectivity index (χ0n) is 8.58. The number of rotatable bonds is 0. The molecule has 1 aromatic rings. The SMILES string of the molecule is [2H]c1c(C)c([B])c(C)c(C)c1C. The summed E-state index contributed by atoms with van der Waals surface area (Å²) < 4.78 is 7.74. The van der Waals surface area contributed by atoms with Crippen molar-refractivity contribution >= 4 is 13.3 Å². The molecule has 11 heavy (non-hydrogen) atoms. The second kappa shape index (κ2) is 2.73. The molecule has 0 aliphatic heterocycles. The number of hydrogen-bond donors (Lipinski definition) is 0.